The summed E-state index contributed by atoms with van der Waals surface area (Å²) in [6, 6.07) is 10.3. The van der Waals surface area contributed by atoms with Gasteiger partial charge in [-0.25, -0.2) is 0 Å². The zero-order chi connectivity index (χ0) is 16.1. The largest absolute Gasteiger partial charge is 0.352 e. The normalized spacial score (nSPS) is 11.6. The second kappa shape index (κ2) is 7.56. The number of aryl methyl sites for hydroxylation is 1. The monoisotopic (exact) mass is 338 g/mol. The minimum absolute atomic E-state index is 0.543. The summed E-state index contributed by atoms with van der Waals surface area (Å²) in [6.45, 7) is 3.39. The SMILES string of the molecule is CN=C(NCc1ccc(C)cc1)NCc1cc(Cl)c(Cl)n1C. The van der Waals surface area contributed by atoms with E-state index in [9.17, 15) is 0 Å². The Balaban J connectivity index is 1.90. The number of rotatable bonds is 4. The maximum Gasteiger partial charge on any atom is 0.191 e. The van der Waals surface area contributed by atoms with Crippen LogP contribution in [0.1, 0.15) is 16.8 Å². The lowest BCUT2D eigenvalue weighted by atomic mass is 10.1. The zero-order valence-electron chi connectivity index (χ0n) is 13.0. The Bertz CT molecular complexity index is 660. The van der Waals surface area contributed by atoms with Gasteiger partial charge in [0.15, 0.2) is 5.96 Å². The summed E-state index contributed by atoms with van der Waals surface area (Å²) in [6.07, 6.45) is 0. The maximum atomic E-state index is 6.06. The third-order valence-corrected chi connectivity index (χ3v) is 4.30. The van der Waals surface area contributed by atoms with Crippen LogP contribution in [0.15, 0.2) is 35.3 Å². The first kappa shape index (κ1) is 16.7. The van der Waals surface area contributed by atoms with Gasteiger partial charge >= 0.3 is 0 Å². The molecule has 1 aromatic carbocycles. The quantitative estimate of drug-likeness (QED) is 0.661. The predicted molar refractivity (Wildman–Crippen MR) is 93.7 cm³/mol. The van der Waals surface area contributed by atoms with Crippen LogP contribution in [-0.4, -0.2) is 17.6 Å². The number of guanidine groups is 1. The van der Waals surface area contributed by atoms with Crippen LogP contribution in [0.2, 0.25) is 10.2 Å². The molecule has 2 aromatic rings. The fourth-order valence-electron chi connectivity index (χ4n) is 2.05. The van der Waals surface area contributed by atoms with E-state index in [1.54, 1.807) is 7.05 Å². The topological polar surface area (TPSA) is 41.4 Å². The van der Waals surface area contributed by atoms with Crippen molar-refractivity contribution in [1.29, 1.82) is 0 Å². The van der Waals surface area contributed by atoms with Crippen LogP contribution in [0, 0.1) is 6.92 Å². The van der Waals surface area contributed by atoms with Crippen LogP contribution in [0.3, 0.4) is 0 Å². The number of hydrogen-bond acceptors (Lipinski definition) is 1. The number of nitrogens with one attached hydrogen (secondary N) is 2. The molecule has 22 heavy (non-hydrogen) atoms. The molecule has 0 bridgehead atoms. The highest BCUT2D eigenvalue weighted by atomic mass is 35.5. The molecular weight excluding hydrogens is 319 g/mol. The lowest BCUT2D eigenvalue weighted by Gasteiger charge is -2.12. The molecule has 0 atom stereocenters. The smallest absolute Gasteiger partial charge is 0.191 e. The van der Waals surface area contributed by atoms with Gasteiger partial charge in [0.25, 0.3) is 0 Å². The van der Waals surface area contributed by atoms with Crippen molar-refractivity contribution in [1.82, 2.24) is 15.2 Å². The molecule has 0 amide bonds. The minimum Gasteiger partial charge on any atom is -0.352 e. The van der Waals surface area contributed by atoms with E-state index in [4.69, 9.17) is 23.2 Å². The third kappa shape index (κ3) is 4.18. The second-order valence-electron chi connectivity index (χ2n) is 5.10. The average molecular weight is 339 g/mol. The van der Waals surface area contributed by atoms with E-state index in [2.05, 4.69) is 46.8 Å². The van der Waals surface area contributed by atoms with Crippen LogP contribution in [-0.2, 0) is 20.1 Å². The highest BCUT2D eigenvalue weighted by Gasteiger charge is 2.09. The molecule has 0 saturated carbocycles. The molecule has 0 unspecified atom stereocenters. The van der Waals surface area contributed by atoms with Gasteiger partial charge in [0.2, 0.25) is 0 Å². The third-order valence-electron chi connectivity index (χ3n) is 3.46. The van der Waals surface area contributed by atoms with Crippen molar-refractivity contribution in [2.45, 2.75) is 20.0 Å². The Hall–Kier alpha value is -1.65. The van der Waals surface area contributed by atoms with Gasteiger partial charge in [0.05, 0.1) is 11.6 Å². The van der Waals surface area contributed by atoms with E-state index >= 15 is 0 Å². The van der Waals surface area contributed by atoms with Gasteiger partial charge in [0.1, 0.15) is 5.15 Å². The number of aromatic nitrogens is 1. The first-order valence-corrected chi connectivity index (χ1v) is 7.76. The number of benzene rings is 1. The van der Waals surface area contributed by atoms with Gasteiger partial charge in [0, 0.05) is 26.3 Å². The number of halogens is 2. The molecule has 0 aliphatic heterocycles. The zero-order valence-corrected chi connectivity index (χ0v) is 14.5. The van der Waals surface area contributed by atoms with E-state index < -0.39 is 0 Å². The van der Waals surface area contributed by atoms with Gasteiger partial charge in [-0.2, -0.15) is 0 Å². The summed E-state index contributed by atoms with van der Waals surface area (Å²) in [5.74, 6) is 0.731. The van der Waals surface area contributed by atoms with Crippen molar-refractivity contribution in [3.05, 3.63) is 57.3 Å². The Morgan fingerprint density at radius 2 is 1.77 bits per heavy atom. The van der Waals surface area contributed by atoms with Gasteiger partial charge in [-0.05, 0) is 18.6 Å². The molecule has 0 fully saturated rings. The van der Waals surface area contributed by atoms with Crippen molar-refractivity contribution in [2.75, 3.05) is 7.05 Å². The first-order chi connectivity index (χ1) is 10.5. The van der Waals surface area contributed by atoms with Crippen LogP contribution < -0.4 is 10.6 Å². The molecular formula is C16H20Cl2N4. The van der Waals surface area contributed by atoms with Gasteiger partial charge in [-0.15, -0.1) is 0 Å². The number of nitrogens with zero attached hydrogens (tertiary/aromatic N) is 2. The standard InChI is InChI=1S/C16H20Cl2N4/c1-11-4-6-12(7-5-11)9-20-16(19-2)21-10-13-8-14(17)15(18)22(13)3/h4-8H,9-10H2,1-3H3,(H2,19,20,21). The van der Waals surface area contributed by atoms with Gasteiger partial charge in [-0.3, -0.25) is 4.99 Å². The summed E-state index contributed by atoms with van der Waals surface area (Å²) < 4.78 is 1.85. The maximum absolute atomic E-state index is 6.06. The fourth-order valence-corrected chi connectivity index (χ4v) is 2.46. The Labute approximate surface area is 141 Å². The van der Waals surface area contributed by atoms with Crippen molar-refractivity contribution in [2.24, 2.45) is 12.0 Å². The van der Waals surface area contributed by atoms with Crippen LogP contribution >= 0.6 is 23.2 Å². The lowest BCUT2D eigenvalue weighted by Crippen LogP contribution is -2.36. The van der Waals surface area contributed by atoms with Crippen LogP contribution in [0.25, 0.3) is 0 Å². The van der Waals surface area contributed by atoms with Crippen molar-refractivity contribution >= 4 is 29.2 Å². The Morgan fingerprint density at radius 3 is 2.32 bits per heavy atom. The van der Waals surface area contributed by atoms with Crippen LogP contribution in [0.4, 0.5) is 0 Å². The first-order valence-electron chi connectivity index (χ1n) is 7.01. The minimum atomic E-state index is 0.543. The summed E-state index contributed by atoms with van der Waals surface area (Å²) in [5.41, 5.74) is 3.45. The molecule has 1 heterocycles. The highest BCUT2D eigenvalue weighted by Crippen LogP contribution is 2.24. The molecule has 0 radical (unpaired) electrons. The van der Waals surface area contributed by atoms with E-state index in [0.717, 1.165) is 11.7 Å². The predicted octanol–water partition coefficient (Wildman–Crippen LogP) is 3.51. The van der Waals surface area contributed by atoms with Gasteiger partial charge in [-0.1, -0.05) is 53.0 Å². The molecule has 0 aliphatic carbocycles. The molecule has 2 rings (SSSR count). The number of hydrogen-bond donors (Lipinski definition) is 2. The molecule has 6 heteroatoms. The molecule has 0 aliphatic rings. The van der Waals surface area contributed by atoms with Gasteiger partial charge < -0.3 is 15.2 Å². The molecule has 118 valence electrons. The molecule has 4 nitrogen and oxygen atoms in total. The molecule has 0 saturated heterocycles. The van der Waals surface area contributed by atoms with E-state index in [-0.39, 0.29) is 0 Å². The van der Waals surface area contributed by atoms with Crippen molar-refractivity contribution in [3.8, 4) is 0 Å². The fraction of sp³-hybridized carbons (Fsp3) is 0.312. The summed E-state index contributed by atoms with van der Waals surface area (Å²) in [5, 5.41) is 7.63. The molecule has 1 aromatic heterocycles. The summed E-state index contributed by atoms with van der Waals surface area (Å²) >= 11 is 12.1. The molecule has 2 N–H and O–H groups in total. The number of aliphatic imine (C=N–C) groups is 1. The average Bonchev–Trinajstić information content (AvgIpc) is 2.76. The summed E-state index contributed by atoms with van der Waals surface area (Å²) in [4.78, 5) is 4.21. The second-order valence-corrected chi connectivity index (χ2v) is 5.86. The highest BCUT2D eigenvalue weighted by molar-refractivity contribution is 6.41. The van der Waals surface area contributed by atoms with Crippen molar-refractivity contribution < 1.29 is 0 Å². The molecule has 0 spiro atoms. The lowest BCUT2D eigenvalue weighted by molar-refractivity contribution is 0.750. The van der Waals surface area contributed by atoms with E-state index in [1.807, 2.05) is 17.7 Å². The van der Waals surface area contributed by atoms with Crippen molar-refractivity contribution in [3.63, 3.8) is 0 Å². The summed E-state index contributed by atoms with van der Waals surface area (Å²) in [7, 11) is 3.63. The van der Waals surface area contributed by atoms with Crippen LogP contribution in [0.5, 0.6) is 0 Å². The Morgan fingerprint density at radius 1 is 1.14 bits per heavy atom. The van der Waals surface area contributed by atoms with E-state index in [1.165, 1.54) is 11.1 Å². The Kier molecular flexibility index (Phi) is 5.75. The van der Waals surface area contributed by atoms with E-state index in [0.29, 0.717) is 23.3 Å².